The predicted molar refractivity (Wildman–Crippen MR) is 41.1 cm³/mol. The molecule has 11 heavy (non-hydrogen) atoms. The van der Waals surface area contributed by atoms with Crippen LogP contribution in [0.5, 0.6) is 0 Å². The number of rotatable bonds is 3. The van der Waals surface area contributed by atoms with Gasteiger partial charge in [0.1, 0.15) is 0 Å². The molecule has 1 unspecified atom stereocenters. The largest absolute Gasteiger partial charge is 0.415 e. The van der Waals surface area contributed by atoms with Crippen LogP contribution in [0.25, 0.3) is 0 Å². The Labute approximate surface area is 64.6 Å². The number of carbonyl (C=O) groups is 1. The predicted octanol–water partition coefficient (Wildman–Crippen LogP) is 0.611. The Balaban J connectivity index is -0.000000320. The topological polar surface area (TPSA) is 160 Å². The van der Waals surface area contributed by atoms with Gasteiger partial charge in [0.15, 0.2) is 0 Å². The molecule has 0 aromatic heterocycles. The molecular formula is C3H14N3O4P. The van der Waals surface area contributed by atoms with Gasteiger partial charge in [-0.1, -0.05) is 0 Å². The average Bonchev–Trinajstić information content (AvgIpc) is 1.65. The lowest BCUT2D eigenvalue weighted by Gasteiger charge is -2.03. The molecule has 0 spiro atoms. The molecule has 8 heteroatoms. The van der Waals surface area contributed by atoms with Gasteiger partial charge in [0, 0.05) is 0 Å². The third-order valence-corrected chi connectivity index (χ3v) is 1.75. The van der Waals surface area contributed by atoms with E-state index in [9.17, 15) is 9.36 Å². The van der Waals surface area contributed by atoms with Crippen LogP contribution in [0.15, 0.2) is 0 Å². The van der Waals surface area contributed by atoms with E-state index < -0.39 is 13.2 Å². The Morgan fingerprint density at radius 1 is 1.64 bits per heavy atom. The van der Waals surface area contributed by atoms with Crippen molar-refractivity contribution in [2.24, 2.45) is 5.73 Å². The molecule has 0 aliphatic rings. The Kier molecular flexibility index (Phi) is 9.61. The van der Waals surface area contributed by atoms with Gasteiger partial charge in [-0.05, 0) is 6.92 Å². The summed E-state index contributed by atoms with van der Waals surface area (Å²) in [6.07, 6.45) is 0. The summed E-state index contributed by atoms with van der Waals surface area (Å²) in [5, 5.41) is 0. The molecule has 0 aromatic carbocycles. The van der Waals surface area contributed by atoms with E-state index in [0.29, 0.717) is 0 Å². The van der Waals surface area contributed by atoms with Crippen LogP contribution in [-0.2, 0) is 9.09 Å². The standard InChI is InChI=1S/C3H8NO4P.2H3N/c1-2-8-9(6,7)3(4)5;;/h2H2,1H3,(H2,4,5)(H,6,7);2*1H3. The Hall–Kier alpha value is -0.460. The molecule has 1 atom stereocenters. The number of hydrogen-bond acceptors (Lipinski definition) is 5. The number of amides is 1. The maximum Gasteiger partial charge on any atom is 0.415 e. The second-order valence-corrected chi connectivity index (χ2v) is 3.02. The quantitative estimate of drug-likeness (QED) is 0.473. The summed E-state index contributed by atoms with van der Waals surface area (Å²) in [5.41, 5.74) is 3.16. The summed E-state index contributed by atoms with van der Waals surface area (Å²) < 4.78 is 14.5. The highest BCUT2D eigenvalue weighted by Gasteiger charge is 2.26. The minimum atomic E-state index is -4.13. The van der Waals surface area contributed by atoms with E-state index in [1.165, 1.54) is 6.92 Å². The molecule has 0 radical (unpaired) electrons. The van der Waals surface area contributed by atoms with Crippen LogP contribution in [0, 0.1) is 0 Å². The fourth-order valence-electron chi connectivity index (χ4n) is 0.239. The van der Waals surface area contributed by atoms with Crippen molar-refractivity contribution in [1.29, 1.82) is 0 Å². The fourth-order valence-corrected chi connectivity index (χ4v) is 0.716. The van der Waals surface area contributed by atoms with E-state index in [-0.39, 0.29) is 18.9 Å². The molecule has 9 N–H and O–H groups in total. The minimum absolute atomic E-state index is 0. The van der Waals surface area contributed by atoms with Crippen LogP contribution in [-0.4, -0.2) is 17.1 Å². The van der Waals surface area contributed by atoms with E-state index in [1.807, 2.05) is 0 Å². The Bertz CT molecular complexity index is 161. The van der Waals surface area contributed by atoms with Gasteiger partial charge in [0.2, 0.25) is 0 Å². The van der Waals surface area contributed by atoms with Crippen molar-refractivity contribution in [2.45, 2.75) is 6.92 Å². The smallest absolute Gasteiger partial charge is 0.359 e. The summed E-state index contributed by atoms with van der Waals surface area (Å²) in [6, 6.07) is 0. The first-order valence-corrected chi connectivity index (χ1v) is 3.85. The third-order valence-electron chi connectivity index (χ3n) is 0.583. The van der Waals surface area contributed by atoms with E-state index in [2.05, 4.69) is 10.3 Å². The first kappa shape index (κ1) is 16.9. The summed E-state index contributed by atoms with van der Waals surface area (Å²) >= 11 is 0. The number of nitrogens with two attached hydrogens (primary N) is 1. The highest BCUT2D eigenvalue weighted by molar-refractivity contribution is 7.70. The van der Waals surface area contributed by atoms with Crippen LogP contribution in [0.2, 0.25) is 0 Å². The van der Waals surface area contributed by atoms with Crippen LogP contribution in [0.4, 0.5) is 4.79 Å². The minimum Gasteiger partial charge on any atom is -0.359 e. The van der Waals surface area contributed by atoms with Crippen molar-refractivity contribution >= 4 is 13.2 Å². The summed E-state index contributed by atoms with van der Waals surface area (Å²) in [7, 11) is -4.13. The molecule has 0 bridgehead atoms. The van der Waals surface area contributed by atoms with Crippen LogP contribution >= 0.6 is 7.60 Å². The van der Waals surface area contributed by atoms with Crippen molar-refractivity contribution < 1.29 is 18.8 Å². The average molecular weight is 187 g/mol. The lowest BCUT2D eigenvalue weighted by molar-refractivity contribution is 0.240. The van der Waals surface area contributed by atoms with Gasteiger partial charge >= 0.3 is 13.2 Å². The fraction of sp³-hybridized carbons (Fsp3) is 0.667. The van der Waals surface area contributed by atoms with Crippen LogP contribution < -0.4 is 18.0 Å². The van der Waals surface area contributed by atoms with Gasteiger partial charge < -0.3 is 27.5 Å². The second-order valence-electron chi connectivity index (χ2n) is 1.28. The molecule has 0 aromatic rings. The summed E-state index contributed by atoms with van der Waals surface area (Å²) in [6.45, 7) is 1.49. The summed E-state index contributed by atoms with van der Waals surface area (Å²) in [4.78, 5) is 18.4. The van der Waals surface area contributed by atoms with Crippen molar-refractivity contribution in [3.63, 3.8) is 0 Å². The van der Waals surface area contributed by atoms with Crippen LogP contribution in [0.3, 0.4) is 0 Å². The van der Waals surface area contributed by atoms with Gasteiger partial charge in [-0.3, -0.25) is 4.79 Å². The second kappa shape index (κ2) is 6.26. The molecule has 0 aliphatic carbocycles. The lowest BCUT2D eigenvalue weighted by Crippen LogP contribution is -2.10. The maximum absolute atomic E-state index is 10.4. The highest BCUT2D eigenvalue weighted by atomic mass is 31.2. The molecule has 0 saturated carbocycles. The molecule has 0 saturated heterocycles. The zero-order valence-electron chi connectivity index (χ0n) is 6.32. The van der Waals surface area contributed by atoms with Crippen molar-refractivity contribution in [2.75, 3.05) is 6.61 Å². The van der Waals surface area contributed by atoms with Gasteiger partial charge in [-0.25, -0.2) is 4.57 Å². The lowest BCUT2D eigenvalue weighted by atomic mass is 10.9. The van der Waals surface area contributed by atoms with Crippen LogP contribution in [0.1, 0.15) is 6.92 Å². The zero-order valence-corrected chi connectivity index (χ0v) is 7.21. The molecule has 0 rings (SSSR count). The normalized spacial score (nSPS) is 13.6. The molecule has 7 nitrogen and oxygen atoms in total. The van der Waals surface area contributed by atoms with Crippen molar-refractivity contribution in [1.82, 2.24) is 12.3 Å². The number of primary amides is 1. The zero-order chi connectivity index (χ0) is 7.49. The molecule has 0 fully saturated rings. The molecule has 0 aliphatic heterocycles. The summed E-state index contributed by atoms with van der Waals surface area (Å²) in [5.74, 6) is 0. The molecular weight excluding hydrogens is 173 g/mol. The molecule has 1 amide bonds. The molecule has 70 valence electrons. The van der Waals surface area contributed by atoms with E-state index in [0.717, 1.165) is 0 Å². The highest BCUT2D eigenvalue weighted by Crippen LogP contribution is 2.40. The monoisotopic (exact) mass is 187 g/mol. The molecule has 0 heterocycles. The first-order chi connectivity index (χ1) is 4.00. The van der Waals surface area contributed by atoms with Crippen molar-refractivity contribution in [3.8, 4) is 0 Å². The number of carbonyl (C=O) groups excluding carboxylic acids is 1. The maximum atomic E-state index is 10.4. The first-order valence-electron chi connectivity index (χ1n) is 2.28. The van der Waals surface area contributed by atoms with E-state index in [1.54, 1.807) is 0 Å². The number of hydrogen-bond donors (Lipinski definition) is 4. The van der Waals surface area contributed by atoms with E-state index >= 15 is 0 Å². The Morgan fingerprint density at radius 2 is 2.00 bits per heavy atom. The van der Waals surface area contributed by atoms with Gasteiger partial charge in [-0.15, -0.1) is 0 Å². The SMILES string of the molecule is CCOP(=O)(O)C(N)=O.N.N. The van der Waals surface area contributed by atoms with Gasteiger partial charge in [0.05, 0.1) is 6.61 Å². The van der Waals surface area contributed by atoms with Crippen molar-refractivity contribution in [3.05, 3.63) is 0 Å². The van der Waals surface area contributed by atoms with Gasteiger partial charge in [0.25, 0.3) is 0 Å². The van der Waals surface area contributed by atoms with Gasteiger partial charge in [-0.2, -0.15) is 0 Å². The Morgan fingerprint density at radius 3 is 2.09 bits per heavy atom. The third kappa shape index (κ3) is 5.96. The van der Waals surface area contributed by atoms with E-state index in [4.69, 9.17) is 4.89 Å².